The zero-order valence-electron chi connectivity index (χ0n) is 43.4. The van der Waals surface area contributed by atoms with Gasteiger partial charge >= 0.3 is 11.9 Å². The lowest BCUT2D eigenvalue weighted by Crippen LogP contribution is -2.30. The minimum atomic E-state index is -0.564. The molecule has 1 atom stereocenters. The summed E-state index contributed by atoms with van der Waals surface area (Å²) in [7, 11) is 0. The summed E-state index contributed by atoms with van der Waals surface area (Å²) in [6, 6.07) is 0. The fourth-order valence-corrected chi connectivity index (χ4v) is 7.45. The third-order valence-electron chi connectivity index (χ3n) is 11.6. The molecule has 0 spiro atoms. The van der Waals surface area contributed by atoms with E-state index in [0.717, 1.165) is 109 Å². The average Bonchev–Trinajstić information content (AvgIpc) is 3.32. The van der Waals surface area contributed by atoms with Crippen LogP contribution >= 0.6 is 0 Å². The first-order valence-corrected chi connectivity index (χ1v) is 27.8. The van der Waals surface area contributed by atoms with Gasteiger partial charge in [-0.05, 0) is 116 Å². The molecule has 0 aliphatic rings. The van der Waals surface area contributed by atoms with Crippen molar-refractivity contribution >= 4 is 11.9 Å². The zero-order chi connectivity index (χ0) is 47.7. The van der Waals surface area contributed by atoms with Gasteiger partial charge in [-0.25, -0.2) is 0 Å². The topological polar surface area (TPSA) is 61.8 Å². The van der Waals surface area contributed by atoms with Crippen LogP contribution in [0.4, 0.5) is 0 Å². The predicted octanol–water partition coefficient (Wildman–Crippen LogP) is 19.0. The lowest BCUT2D eigenvalue weighted by molar-refractivity contribution is -0.163. The molecule has 66 heavy (non-hydrogen) atoms. The summed E-state index contributed by atoms with van der Waals surface area (Å²) >= 11 is 0. The maximum absolute atomic E-state index is 12.8. The third kappa shape index (κ3) is 53.4. The molecule has 0 aliphatic heterocycles. The van der Waals surface area contributed by atoms with Gasteiger partial charge in [-0.1, -0.05) is 221 Å². The van der Waals surface area contributed by atoms with E-state index in [0.29, 0.717) is 19.4 Å². The zero-order valence-corrected chi connectivity index (χ0v) is 43.4. The molecule has 0 heterocycles. The van der Waals surface area contributed by atoms with Gasteiger partial charge in [0, 0.05) is 19.4 Å². The Morgan fingerprint density at radius 2 is 0.712 bits per heavy atom. The number of ether oxygens (including phenoxy) is 3. The fourth-order valence-electron chi connectivity index (χ4n) is 7.45. The summed E-state index contributed by atoms with van der Waals surface area (Å²) in [6.45, 7) is 7.60. The van der Waals surface area contributed by atoms with Crippen molar-refractivity contribution in [1.82, 2.24) is 0 Å². The van der Waals surface area contributed by atoms with E-state index in [9.17, 15) is 9.59 Å². The summed E-state index contributed by atoms with van der Waals surface area (Å²) in [4.78, 5) is 25.5. The highest BCUT2D eigenvalue weighted by Gasteiger charge is 2.17. The van der Waals surface area contributed by atoms with Crippen LogP contribution in [0.25, 0.3) is 0 Å². The van der Waals surface area contributed by atoms with Gasteiger partial charge < -0.3 is 14.2 Å². The van der Waals surface area contributed by atoms with Crippen LogP contribution in [0.1, 0.15) is 252 Å². The Balaban J connectivity index is 4.34. The van der Waals surface area contributed by atoms with Crippen molar-refractivity contribution in [3.8, 4) is 0 Å². The first-order valence-electron chi connectivity index (χ1n) is 27.8. The van der Waals surface area contributed by atoms with E-state index in [1.165, 1.54) is 109 Å². The standard InChI is InChI=1S/C61H104O5/c1-4-7-10-13-16-19-22-25-27-29-31-32-34-37-39-42-45-48-51-54-60(62)65-58-59(66-61(63)55-52-49-46-43-40-36-24-21-18-15-12-9-6-3)57-64-56-53-50-47-44-41-38-35-33-30-28-26-23-20-17-14-11-8-5-2/h7,10,12,15-16,19,21,24-28,31-32,37,39,59H,4-6,8-9,11,13-14,17-18,20,22-23,29-30,33-36,38,40-58H2,1-3H3/b10-7-,15-12-,19-16-,24-21-,27-25-,28-26-,32-31-,39-37-. The molecule has 0 amide bonds. The SMILES string of the molecule is CC/C=C\C/C=C\C/C=C\C/C=C\C/C=C\CCCCCC(=O)OCC(COCCCCCCCCCC/C=C\CCCCCCCC)OC(=O)CCCCCCC/C=C\C/C=C\CCC. The van der Waals surface area contributed by atoms with Crippen molar-refractivity contribution in [3.05, 3.63) is 97.2 Å². The second-order valence-corrected chi connectivity index (χ2v) is 18.1. The highest BCUT2D eigenvalue weighted by molar-refractivity contribution is 5.70. The maximum Gasteiger partial charge on any atom is 0.306 e. The molecule has 5 nitrogen and oxygen atoms in total. The van der Waals surface area contributed by atoms with Gasteiger partial charge in [0.1, 0.15) is 6.61 Å². The van der Waals surface area contributed by atoms with Crippen LogP contribution in [0.5, 0.6) is 0 Å². The van der Waals surface area contributed by atoms with Gasteiger partial charge in [0.15, 0.2) is 6.10 Å². The Kier molecular flexibility index (Phi) is 53.4. The molecule has 0 saturated heterocycles. The monoisotopic (exact) mass is 917 g/mol. The number of esters is 2. The molecule has 378 valence electrons. The quantitative estimate of drug-likeness (QED) is 0.0346. The number of carbonyl (C=O) groups is 2. The molecule has 0 aliphatic carbocycles. The van der Waals surface area contributed by atoms with Crippen molar-refractivity contribution < 1.29 is 23.8 Å². The van der Waals surface area contributed by atoms with Gasteiger partial charge in [-0.2, -0.15) is 0 Å². The fraction of sp³-hybridized carbons (Fsp3) is 0.705. The molecule has 0 saturated carbocycles. The summed E-state index contributed by atoms with van der Waals surface area (Å²) in [5.74, 6) is -0.452. The van der Waals surface area contributed by atoms with E-state index in [2.05, 4.69) is 118 Å². The van der Waals surface area contributed by atoms with E-state index in [1.807, 2.05) is 0 Å². The average molecular weight is 917 g/mol. The summed E-state index contributed by atoms with van der Waals surface area (Å²) < 4.78 is 17.4. The van der Waals surface area contributed by atoms with Crippen LogP contribution in [0.2, 0.25) is 0 Å². The molecule has 0 radical (unpaired) electrons. The highest BCUT2D eigenvalue weighted by atomic mass is 16.6. The number of hydrogen-bond donors (Lipinski definition) is 0. The van der Waals surface area contributed by atoms with Crippen molar-refractivity contribution in [2.45, 2.75) is 258 Å². The largest absolute Gasteiger partial charge is 0.462 e. The lowest BCUT2D eigenvalue weighted by Gasteiger charge is -2.18. The first-order chi connectivity index (χ1) is 32.6. The normalized spacial score (nSPS) is 13.0. The maximum atomic E-state index is 12.8. The van der Waals surface area contributed by atoms with Crippen LogP contribution in [-0.2, 0) is 23.8 Å². The molecular formula is C61H104O5. The van der Waals surface area contributed by atoms with Crippen molar-refractivity contribution in [3.63, 3.8) is 0 Å². The summed E-state index contributed by atoms with van der Waals surface area (Å²) in [5, 5.41) is 0. The molecule has 0 rings (SSSR count). The molecule has 0 N–H and O–H groups in total. The van der Waals surface area contributed by atoms with E-state index in [-0.39, 0.29) is 25.2 Å². The lowest BCUT2D eigenvalue weighted by atomic mass is 10.1. The van der Waals surface area contributed by atoms with Gasteiger partial charge in [0.05, 0.1) is 6.61 Å². The molecule has 0 aromatic heterocycles. The Bertz CT molecular complexity index is 1270. The second-order valence-electron chi connectivity index (χ2n) is 18.1. The van der Waals surface area contributed by atoms with Gasteiger partial charge in [0.2, 0.25) is 0 Å². The number of hydrogen-bond acceptors (Lipinski definition) is 5. The van der Waals surface area contributed by atoms with E-state index < -0.39 is 6.10 Å². The third-order valence-corrected chi connectivity index (χ3v) is 11.6. The van der Waals surface area contributed by atoms with Gasteiger partial charge in [0.25, 0.3) is 0 Å². The highest BCUT2D eigenvalue weighted by Crippen LogP contribution is 2.14. The van der Waals surface area contributed by atoms with E-state index in [1.54, 1.807) is 0 Å². The summed E-state index contributed by atoms with van der Waals surface area (Å²) in [6.07, 6.45) is 75.7. The number of rotatable bonds is 50. The van der Waals surface area contributed by atoms with Crippen LogP contribution in [0.3, 0.4) is 0 Å². The number of allylic oxidation sites excluding steroid dienone is 16. The Hall–Kier alpha value is -3.18. The molecule has 0 aromatic rings. The first kappa shape index (κ1) is 62.8. The van der Waals surface area contributed by atoms with Gasteiger partial charge in [-0.3, -0.25) is 9.59 Å². The molecule has 1 unspecified atom stereocenters. The molecular weight excluding hydrogens is 813 g/mol. The Morgan fingerprint density at radius 1 is 0.348 bits per heavy atom. The van der Waals surface area contributed by atoms with Crippen LogP contribution in [0, 0.1) is 0 Å². The molecule has 0 aromatic carbocycles. The van der Waals surface area contributed by atoms with E-state index >= 15 is 0 Å². The van der Waals surface area contributed by atoms with Crippen molar-refractivity contribution in [2.75, 3.05) is 19.8 Å². The van der Waals surface area contributed by atoms with Crippen LogP contribution in [0.15, 0.2) is 97.2 Å². The van der Waals surface area contributed by atoms with Crippen molar-refractivity contribution in [2.24, 2.45) is 0 Å². The molecule has 0 fully saturated rings. The minimum absolute atomic E-state index is 0.0570. The van der Waals surface area contributed by atoms with Gasteiger partial charge in [-0.15, -0.1) is 0 Å². The van der Waals surface area contributed by atoms with Crippen LogP contribution < -0.4 is 0 Å². The Labute approximate surface area is 409 Å². The minimum Gasteiger partial charge on any atom is -0.462 e. The predicted molar refractivity (Wildman–Crippen MR) is 288 cm³/mol. The Morgan fingerprint density at radius 3 is 1.18 bits per heavy atom. The number of carbonyl (C=O) groups excluding carboxylic acids is 2. The van der Waals surface area contributed by atoms with E-state index in [4.69, 9.17) is 14.2 Å². The van der Waals surface area contributed by atoms with Crippen molar-refractivity contribution in [1.29, 1.82) is 0 Å². The molecule has 0 bridgehead atoms. The van der Waals surface area contributed by atoms with Crippen LogP contribution in [-0.4, -0.2) is 37.9 Å². The second kappa shape index (κ2) is 56.1. The number of unbranched alkanes of at least 4 members (excludes halogenated alkanes) is 23. The summed E-state index contributed by atoms with van der Waals surface area (Å²) in [5.41, 5.74) is 0. The molecule has 5 heteroatoms. The smallest absolute Gasteiger partial charge is 0.306 e.